The van der Waals surface area contributed by atoms with Crippen molar-refractivity contribution in [2.24, 2.45) is 7.05 Å². The third kappa shape index (κ3) is 2.62. The van der Waals surface area contributed by atoms with Crippen LogP contribution in [0, 0.1) is 0 Å². The summed E-state index contributed by atoms with van der Waals surface area (Å²) in [5.41, 5.74) is 4.76. The van der Waals surface area contributed by atoms with E-state index < -0.39 is 0 Å². The molecule has 102 valence electrons. The Labute approximate surface area is 125 Å². The van der Waals surface area contributed by atoms with E-state index in [1.54, 1.807) is 5.56 Å². The van der Waals surface area contributed by atoms with Crippen LogP contribution in [0.2, 0.25) is 0 Å². The highest BCUT2D eigenvalue weighted by molar-refractivity contribution is 14.1. The number of nitrogens with zero attached hydrogens (tertiary/aromatic N) is 2. The van der Waals surface area contributed by atoms with E-state index in [0.717, 1.165) is 6.54 Å². The molecule has 0 radical (unpaired) electrons. The quantitative estimate of drug-likeness (QED) is 0.420. The maximum Gasteiger partial charge on any atom is 0.0676 e. The molecule has 0 amide bonds. The second-order valence-electron chi connectivity index (χ2n) is 6.89. The molecule has 0 N–H and O–H groups in total. The van der Waals surface area contributed by atoms with Crippen molar-refractivity contribution in [3.05, 3.63) is 23.0 Å². The fourth-order valence-corrected chi connectivity index (χ4v) is 3.23. The summed E-state index contributed by atoms with van der Waals surface area (Å²) in [4.78, 5) is 2.57. The van der Waals surface area contributed by atoms with Gasteiger partial charge in [0.15, 0.2) is 0 Å². The van der Waals surface area contributed by atoms with Gasteiger partial charge in [-0.25, -0.2) is 0 Å². The Hall–Kier alpha value is -0.0300. The molecule has 0 saturated heterocycles. The van der Waals surface area contributed by atoms with E-state index in [9.17, 15) is 0 Å². The van der Waals surface area contributed by atoms with Crippen molar-refractivity contribution in [1.82, 2.24) is 9.47 Å². The average Bonchev–Trinajstić information content (AvgIpc) is 2.54. The second kappa shape index (κ2) is 4.51. The summed E-state index contributed by atoms with van der Waals surface area (Å²) in [5.74, 6) is 0. The lowest BCUT2D eigenvalue weighted by molar-refractivity contribution is 0.186. The predicted molar refractivity (Wildman–Crippen MR) is 86.3 cm³/mol. The van der Waals surface area contributed by atoms with Crippen LogP contribution >= 0.6 is 22.6 Å². The molecule has 0 saturated carbocycles. The highest BCUT2D eigenvalue weighted by Gasteiger charge is 2.31. The zero-order valence-corrected chi connectivity index (χ0v) is 14.6. The van der Waals surface area contributed by atoms with Gasteiger partial charge in [0.2, 0.25) is 0 Å². The van der Waals surface area contributed by atoms with Crippen LogP contribution in [-0.4, -0.2) is 19.6 Å². The molecule has 3 heteroatoms. The Morgan fingerprint density at radius 1 is 1.17 bits per heavy atom. The van der Waals surface area contributed by atoms with E-state index >= 15 is 0 Å². The molecule has 1 aromatic rings. The van der Waals surface area contributed by atoms with Crippen molar-refractivity contribution >= 4 is 22.6 Å². The van der Waals surface area contributed by atoms with Crippen LogP contribution in [0.15, 0.2) is 6.07 Å². The second-order valence-corrected chi connectivity index (χ2v) is 9.53. The Morgan fingerprint density at radius 2 is 1.78 bits per heavy atom. The van der Waals surface area contributed by atoms with Crippen molar-refractivity contribution in [3.8, 4) is 0 Å². The highest BCUT2D eigenvalue weighted by Crippen LogP contribution is 2.33. The molecular formula is C15H25IN2. The number of hydrogen-bond donors (Lipinski definition) is 0. The van der Waals surface area contributed by atoms with Crippen molar-refractivity contribution < 1.29 is 0 Å². The van der Waals surface area contributed by atoms with Crippen LogP contribution < -0.4 is 0 Å². The topological polar surface area (TPSA) is 8.17 Å². The SMILES string of the molecule is Cn1c(C(C)(C)C)cc2c1CN(C(C)(C)I)CC2. The zero-order chi connectivity index (χ0) is 13.7. The van der Waals surface area contributed by atoms with Crippen LogP contribution in [0.3, 0.4) is 0 Å². The van der Waals surface area contributed by atoms with Gasteiger partial charge < -0.3 is 4.57 Å². The number of aromatic nitrogens is 1. The summed E-state index contributed by atoms with van der Waals surface area (Å²) in [7, 11) is 2.23. The third-order valence-electron chi connectivity index (χ3n) is 3.96. The van der Waals surface area contributed by atoms with E-state index in [2.05, 4.69) is 79.8 Å². The Bertz CT molecular complexity index is 446. The van der Waals surface area contributed by atoms with Gasteiger partial charge in [-0.3, -0.25) is 4.90 Å². The number of rotatable bonds is 1. The first-order valence-corrected chi connectivity index (χ1v) is 7.80. The molecule has 2 rings (SSSR count). The van der Waals surface area contributed by atoms with E-state index in [0.29, 0.717) is 0 Å². The van der Waals surface area contributed by atoms with Gasteiger partial charge in [0.1, 0.15) is 0 Å². The smallest absolute Gasteiger partial charge is 0.0676 e. The Kier molecular flexibility index (Phi) is 3.61. The van der Waals surface area contributed by atoms with Gasteiger partial charge in [-0.1, -0.05) is 43.4 Å². The lowest BCUT2D eigenvalue weighted by Gasteiger charge is -2.37. The number of hydrogen-bond acceptors (Lipinski definition) is 1. The minimum Gasteiger partial charge on any atom is -0.350 e. The summed E-state index contributed by atoms with van der Waals surface area (Å²) in [5, 5.41) is 0. The lowest BCUT2D eigenvalue weighted by atomic mass is 9.91. The van der Waals surface area contributed by atoms with Gasteiger partial charge in [0.05, 0.1) is 3.55 Å². The summed E-state index contributed by atoms with van der Waals surface area (Å²) in [6.07, 6.45) is 1.19. The summed E-state index contributed by atoms with van der Waals surface area (Å²) in [6, 6.07) is 2.42. The first-order valence-electron chi connectivity index (χ1n) is 6.72. The lowest BCUT2D eigenvalue weighted by Crippen LogP contribution is -2.42. The molecule has 0 aliphatic carbocycles. The molecule has 0 fully saturated rings. The van der Waals surface area contributed by atoms with Gasteiger partial charge in [-0.2, -0.15) is 0 Å². The molecule has 1 aromatic heterocycles. The molecular weight excluding hydrogens is 335 g/mol. The molecule has 0 aromatic carbocycles. The largest absolute Gasteiger partial charge is 0.350 e. The van der Waals surface area contributed by atoms with Crippen LogP contribution in [0.5, 0.6) is 0 Å². The molecule has 0 bridgehead atoms. The van der Waals surface area contributed by atoms with Gasteiger partial charge in [0.25, 0.3) is 0 Å². The van der Waals surface area contributed by atoms with E-state index in [1.165, 1.54) is 24.4 Å². The molecule has 2 nitrogen and oxygen atoms in total. The van der Waals surface area contributed by atoms with E-state index in [1.807, 2.05) is 0 Å². The molecule has 0 unspecified atom stereocenters. The first-order chi connectivity index (χ1) is 8.10. The predicted octanol–water partition coefficient (Wildman–Crippen LogP) is 3.85. The maximum atomic E-state index is 2.57. The molecule has 1 aliphatic heterocycles. The number of halogens is 1. The Balaban J connectivity index is 2.37. The fraction of sp³-hybridized carbons (Fsp3) is 0.733. The molecule has 2 heterocycles. The standard InChI is InChI=1S/C15H25IN2/c1-14(2,3)13-9-11-7-8-18(15(4,5)16)10-12(11)17(13)6/h9H,7-8,10H2,1-6H3. The van der Waals surface area contributed by atoms with Crippen molar-refractivity contribution in [3.63, 3.8) is 0 Å². The average molecular weight is 360 g/mol. The molecule has 0 atom stereocenters. The van der Waals surface area contributed by atoms with E-state index in [-0.39, 0.29) is 8.96 Å². The normalized spacial score (nSPS) is 17.9. The summed E-state index contributed by atoms with van der Waals surface area (Å²) >= 11 is 2.55. The summed E-state index contributed by atoms with van der Waals surface area (Å²) in [6.45, 7) is 13.8. The monoisotopic (exact) mass is 360 g/mol. The van der Waals surface area contributed by atoms with Crippen molar-refractivity contribution in [2.75, 3.05) is 6.54 Å². The van der Waals surface area contributed by atoms with Gasteiger partial charge in [-0.15, -0.1) is 0 Å². The molecule has 18 heavy (non-hydrogen) atoms. The maximum absolute atomic E-state index is 2.57. The van der Waals surface area contributed by atoms with Crippen molar-refractivity contribution in [2.45, 2.75) is 56.5 Å². The molecule has 0 spiro atoms. The highest BCUT2D eigenvalue weighted by atomic mass is 127. The van der Waals surface area contributed by atoms with Gasteiger partial charge >= 0.3 is 0 Å². The zero-order valence-electron chi connectivity index (χ0n) is 12.5. The van der Waals surface area contributed by atoms with Crippen LogP contribution in [0.1, 0.15) is 51.6 Å². The Morgan fingerprint density at radius 3 is 2.28 bits per heavy atom. The van der Waals surface area contributed by atoms with Crippen LogP contribution in [0.25, 0.3) is 0 Å². The summed E-state index contributed by atoms with van der Waals surface area (Å²) < 4.78 is 2.66. The number of fused-ring (bicyclic) bond motifs is 1. The molecule has 1 aliphatic rings. The first kappa shape index (κ1) is 14.4. The van der Waals surface area contributed by atoms with Crippen molar-refractivity contribution in [1.29, 1.82) is 0 Å². The third-order valence-corrected chi connectivity index (χ3v) is 4.64. The van der Waals surface area contributed by atoms with Crippen LogP contribution in [0.4, 0.5) is 0 Å². The minimum absolute atomic E-state index is 0.233. The number of alkyl halides is 1. The minimum atomic E-state index is 0.233. The van der Waals surface area contributed by atoms with Gasteiger partial charge in [0, 0.05) is 36.9 Å². The van der Waals surface area contributed by atoms with Gasteiger partial charge in [-0.05, 0) is 31.9 Å². The van der Waals surface area contributed by atoms with E-state index in [4.69, 9.17) is 0 Å². The van der Waals surface area contributed by atoms with Crippen LogP contribution in [-0.2, 0) is 25.4 Å². The fourth-order valence-electron chi connectivity index (χ4n) is 2.82.